The van der Waals surface area contributed by atoms with Crippen molar-refractivity contribution in [1.82, 2.24) is 10.6 Å². The van der Waals surface area contributed by atoms with Gasteiger partial charge in [-0.15, -0.1) is 11.6 Å². The molecule has 0 radical (unpaired) electrons. The van der Waals surface area contributed by atoms with Crippen molar-refractivity contribution < 1.29 is 4.79 Å². The Morgan fingerprint density at radius 2 is 2.05 bits per heavy atom. The van der Waals surface area contributed by atoms with Gasteiger partial charge in [0.25, 0.3) is 5.91 Å². The molecular weight excluding hydrogens is 274 g/mol. The quantitative estimate of drug-likeness (QED) is 0.333. The summed E-state index contributed by atoms with van der Waals surface area (Å²) in [6.45, 7) is 1.15. The van der Waals surface area contributed by atoms with E-state index in [1.54, 1.807) is 0 Å². The lowest BCUT2D eigenvalue weighted by molar-refractivity contribution is -0.117. The summed E-state index contributed by atoms with van der Waals surface area (Å²) in [6, 6.07) is 11.9. The molecule has 1 aromatic carbocycles. The van der Waals surface area contributed by atoms with E-state index in [0.29, 0.717) is 25.4 Å². The van der Waals surface area contributed by atoms with Crippen molar-refractivity contribution >= 4 is 17.5 Å². The van der Waals surface area contributed by atoms with Crippen LogP contribution in [-0.2, 0) is 11.2 Å². The van der Waals surface area contributed by atoms with Gasteiger partial charge in [-0.25, -0.2) is 0 Å². The van der Waals surface area contributed by atoms with Crippen molar-refractivity contribution in [2.75, 3.05) is 19.0 Å². The van der Waals surface area contributed by atoms with Gasteiger partial charge >= 0.3 is 0 Å². The Morgan fingerprint density at radius 1 is 1.30 bits per heavy atom. The summed E-state index contributed by atoms with van der Waals surface area (Å²) in [4.78, 5) is 11.6. The van der Waals surface area contributed by atoms with E-state index in [2.05, 4.69) is 10.6 Å². The number of rotatable bonds is 8. The summed E-state index contributed by atoms with van der Waals surface area (Å²) in [5.74, 6) is 0.117. The largest absolute Gasteiger partial charge is 0.389 e. The third kappa shape index (κ3) is 6.26. The number of nitrogens with one attached hydrogen (secondary N) is 2. The van der Waals surface area contributed by atoms with Crippen molar-refractivity contribution in [1.29, 1.82) is 5.26 Å². The zero-order valence-electron chi connectivity index (χ0n) is 11.2. The topological polar surface area (TPSA) is 64.9 Å². The van der Waals surface area contributed by atoms with E-state index in [9.17, 15) is 4.79 Å². The number of alkyl halides is 1. The zero-order chi connectivity index (χ0) is 14.6. The second-order valence-corrected chi connectivity index (χ2v) is 4.54. The smallest absolute Gasteiger partial charge is 0.263 e. The van der Waals surface area contributed by atoms with Gasteiger partial charge in [-0.05, 0) is 18.4 Å². The average molecular weight is 292 g/mol. The average Bonchev–Trinajstić information content (AvgIpc) is 2.48. The Bertz CT molecular complexity index is 480. The molecule has 106 valence electrons. The van der Waals surface area contributed by atoms with Crippen LogP contribution in [0.3, 0.4) is 0 Å². The van der Waals surface area contributed by atoms with Gasteiger partial charge in [0.15, 0.2) is 0 Å². The van der Waals surface area contributed by atoms with Gasteiger partial charge in [0, 0.05) is 25.2 Å². The molecule has 0 aliphatic heterocycles. The second-order valence-electron chi connectivity index (χ2n) is 4.16. The molecule has 20 heavy (non-hydrogen) atoms. The molecule has 0 aliphatic rings. The van der Waals surface area contributed by atoms with Gasteiger partial charge < -0.3 is 10.6 Å². The molecule has 1 aromatic rings. The Balaban J connectivity index is 2.34. The molecule has 0 aromatic heterocycles. The highest BCUT2D eigenvalue weighted by molar-refractivity contribution is 6.17. The highest BCUT2D eigenvalue weighted by Gasteiger charge is 2.07. The molecule has 0 saturated carbocycles. The Morgan fingerprint density at radius 3 is 2.70 bits per heavy atom. The molecule has 0 aliphatic carbocycles. The molecule has 4 nitrogen and oxygen atoms in total. The first kappa shape index (κ1) is 16.1. The molecule has 0 fully saturated rings. The first-order chi connectivity index (χ1) is 9.77. The summed E-state index contributed by atoms with van der Waals surface area (Å²) in [6.07, 6.45) is 2.98. The fourth-order valence-electron chi connectivity index (χ4n) is 1.55. The van der Waals surface area contributed by atoms with Crippen LogP contribution in [-0.4, -0.2) is 24.9 Å². The normalized spacial score (nSPS) is 10.7. The Hall–Kier alpha value is -1.99. The van der Waals surface area contributed by atoms with Crippen molar-refractivity contribution in [2.24, 2.45) is 0 Å². The fourth-order valence-corrected chi connectivity index (χ4v) is 1.68. The number of halogens is 1. The molecule has 0 heterocycles. The van der Waals surface area contributed by atoms with E-state index in [1.807, 2.05) is 36.4 Å². The molecule has 2 N–H and O–H groups in total. The molecule has 5 heteroatoms. The highest BCUT2D eigenvalue weighted by atomic mass is 35.5. The van der Waals surface area contributed by atoms with E-state index in [0.717, 1.165) is 6.42 Å². The van der Waals surface area contributed by atoms with Gasteiger partial charge in [0.05, 0.1) is 0 Å². The maximum absolute atomic E-state index is 11.6. The van der Waals surface area contributed by atoms with Gasteiger partial charge in [0.1, 0.15) is 11.6 Å². The first-order valence-corrected chi connectivity index (χ1v) is 7.03. The van der Waals surface area contributed by atoms with Crippen molar-refractivity contribution in [2.45, 2.75) is 12.8 Å². The molecular formula is C15H18ClN3O. The third-order valence-electron chi connectivity index (χ3n) is 2.61. The fraction of sp³-hybridized carbons (Fsp3) is 0.333. The highest BCUT2D eigenvalue weighted by Crippen LogP contribution is 1.98. The van der Waals surface area contributed by atoms with Crippen LogP contribution in [0.5, 0.6) is 0 Å². The minimum absolute atomic E-state index is 0.0765. The number of hydrogen-bond donors (Lipinski definition) is 2. The molecule has 0 saturated heterocycles. The Labute approximate surface area is 124 Å². The van der Waals surface area contributed by atoms with Crippen LogP contribution in [0, 0.1) is 11.3 Å². The van der Waals surface area contributed by atoms with Crippen molar-refractivity contribution in [3.05, 3.63) is 47.7 Å². The number of hydrogen-bond acceptors (Lipinski definition) is 3. The van der Waals surface area contributed by atoms with Crippen LogP contribution in [0.1, 0.15) is 12.0 Å². The Kier molecular flexibility index (Phi) is 7.93. The summed E-state index contributed by atoms with van der Waals surface area (Å²) >= 11 is 5.52. The second kappa shape index (κ2) is 9.88. The lowest BCUT2D eigenvalue weighted by atomic mass is 10.1. The van der Waals surface area contributed by atoms with E-state index < -0.39 is 0 Å². The van der Waals surface area contributed by atoms with E-state index in [4.69, 9.17) is 16.9 Å². The number of benzene rings is 1. The monoisotopic (exact) mass is 291 g/mol. The molecule has 0 unspecified atom stereocenters. The summed E-state index contributed by atoms with van der Waals surface area (Å²) in [5.41, 5.74) is 1.28. The number of nitrogens with zero attached hydrogens (tertiary/aromatic N) is 1. The lowest BCUT2D eigenvalue weighted by Crippen LogP contribution is -2.27. The van der Waals surface area contributed by atoms with Crippen molar-refractivity contribution in [3.8, 4) is 6.07 Å². The van der Waals surface area contributed by atoms with Crippen LogP contribution < -0.4 is 10.6 Å². The standard InChI is InChI=1S/C15H18ClN3O/c16-8-4-9-19-15(20)14(11-17)12-18-10-7-13-5-2-1-3-6-13/h1-3,5-6,12,18H,4,7-10H2,(H,19,20)/b14-12-. The van der Waals surface area contributed by atoms with E-state index in [1.165, 1.54) is 11.8 Å². The van der Waals surface area contributed by atoms with E-state index in [-0.39, 0.29) is 11.5 Å². The van der Waals surface area contributed by atoms with E-state index >= 15 is 0 Å². The number of amides is 1. The third-order valence-corrected chi connectivity index (χ3v) is 2.88. The van der Waals surface area contributed by atoms with Crippen molar-refractivity contribution in [3.63, 3.8) is 0 Å². The molecule has 1 amide bonds. The minimum Gasteiger partial charge on any atom is -0.389 e. The predicted molar refractivity (Wildman–Crippen MR) is 80.2 cm³/mol. The maximum atomic E-state index is 11.6. The summed E-state index contributed by atoms with van der Waals surface area (Å²) in [7, 11) is 0. The van der Waals surface area contributed by atoms with Crippen LogP contribution in [0.4, 0.5) is 0 Å². The predicted octanol–water partition coefficient (Wildman–Crippen LogP) is 1.97. The SMILES string of the molecule is N#C/C(=C/NCCc1ccccc1)C(=O)NCCCCl. The summed E-state index contributed by atoms with van der Waals surface area (Å²) in [5, 5.41) is 14.5. The van der Waals surface area contributed by atoms with Gasteiger partial charge in [-0.3, -0.25) is 4.79 Å². The lowest BCUT2D eigenvalue weighted by Gasteiger charge is -2.04. The number of carbonyl (C=O) groups excluding carboxylic acids is 1. The number of carbonyl (C=O) groups is 1. The zero-order valence-corrected chi connectivity index (χ0v) is 12.0. The van der Waals surface area contributed by atoms with Crippen LogP contribution in [0.15, 0.2) is 42.1 Å². The molecule has 0 bridgehead atoms. The van der Waals surface area contributed by atoms with Gasteiger partial charge in [-0.1, -0.05) is 30.3 Å². The summed E-state index contributed by atoms with van der Waals surface area (Å²) < 4.78 is 0. The van der Waals surface area contributed by atoms with Gasteiger partial charge in [-0.2, -0.15) is 5.26 Å². The molecule has 0 atom stereocenters. The molecule has 1 rings (SSSR count). The first-order valence-electron chi connectivity index (χ1n) is 6.49. The van der Waals surface area contributed by atoms with Crippen LogP contribution >= 0.6 is 11.6 Å². The number of nitriles is 1. The minimum atomic E-state index is -0.371. The maximum Gasteiger partial charge on any atom is 0.263 e. The van der Waals surface area contributed by atoms with Crippen LogP contribution in [0.2, 0.25) is 0 Å². The molecule has 0 spiro atoms. The van der Waals surface area contributed by atoms with Crippen LogP contribution in [0.25, 0.3) is 0 Å². The van der Waals surface area contributed by atoms with Gasteiger partial charge in [0.2, 0.25) is 0 Å².